The minimum Gasteiger partial charge on any atom is -0.299 e. The zero-order valence-electron chi connectivity index (χ0n) is 12.7. The van der Waals surface area contributed by atoms with Gasteiger partial charge in [-0.2, -0.15) is 0 Å². The Labute approximate surface area is 136 Å². The molecule has 22 heavy (non-hydrogen) atoms. The molecule has 0 aromatic rings. The summed E-state index contributed by atoms with van der Waals surface area (Å²) in [6, 6.07) is 0. The van der Waals surface area contributed by atoms with E-state index in [-0.39, 0.29) is 32.5 Å². The van der Waals surface area contributed by atoms with E-state index in [1.807, 2.05) is 0 Å². The lowest BCUT2D eigenvalue weighted by atomic mass is 9.61. The molecule has 4 saturated carbocycles. The van der Waals surface area contributed by atoms with Crippen molar-refractivity contribution in [3.8, 4) is 0 Å². The molecule has 126 valence electrons. The molecular weight excluding hydrogens is 272 g/mol. The van der Waals surface area contributed by atoms with Crippen molar-refractivity contribution < 1.29 is 9.59 Å². The van der Waals surface area contributed by atoms with Gasteiger partial charge in [-0.05, 0) is 54.8 Å². The number of rotatable bonds is 2. The molecule has 4 rings (SSSR count). The molecule has 0 saturated heterocycles. The highest BCUT2D eigenvalue weighted by atomic mass is 16.2. The summed E-state index contributed by atoms with van der Waals surface area (Å²) in [5.74, 6) is 5.13. The van der Waals surface area contributed by atoms with Gasteiger partial charge in [-0.3, -0.25) is 9.59 Å². The summed E-state index contributed by atoms with van der Waals surface area (Å²) in [7, 11) is 0. The van der Waals surface area contributed by atoms with E-state index in [0.29, 0.717) is 18.1 Å². The van der Waals surface area contributed by atoms with Crippen LogP contribution < -0.4 is 0 Å². The zero-order chi connectivity index (χ0) is 14.1. The van der Waals surface area contributed by atoms with Crippen LogP contribution in [0.15, 0.2) is 0 Å². The van der Waals surface area contributed by atoms with Crippen molar-refractivity contribution in [2.75, 3.05) is 0 Å². The van der Waals surface area contributed by atoms with Crippen LogP contribution >= 0.6 is 0 Å². The van der Waals surface area contributed by atoms with Gasteiger partial charge < -0.3 is 0 Å². The molecule has 0 aromatic heterocycles. The number of Topliss-reactive ketones (excluding diaryl/α,β-unsaturated/α-hetero) is 2. The first-order valence-corrected chi connectivity index (χ1v) is 8.62. The second-order valence-electron chi connectivity index (χ2n) is 8.19. The Hall–Kier alpha value is -0.660. The van der Waals surface area contributed by atoms with Gasteiger partial charge in [0.1, 0.15) is 11.6 Å². The molecule has 0 N–H and O–H groups in total. The maximum absolute atomic E-state index is 12.5. The molecule has 2 bridgehead atoms. The first kappa shape index (κ1) is 17.7. The Morgan fingerprint density at radius 2 is 1.86 bits per heavy atom. The summed E-state index contributed by atoms with van der Waals surface area (Å²) < 4.78 is 0. The zero-order valence-corrected chi connectivity index (χ0v) is 12.7. The Balaban J connectivity index is 0.000000882. The van der Waals surface area contributed by atoms with Crippen molar-refractivity contribution in [3.63, 3.8) is 0 Å². The number of hydrogen-bond acceptors (Lipinski definition) is 2. The van der Waals surface area contributed by atoms with Crippen LogP contribution in [0.5, 0.6) is 0 Å². The molecule has 7 unspecified atom stereocenters. The Morgan fingerprint density at radius 1 is 1.14 bits per heavy atom. The Kier molecular flexibility index (Phi) is 4.63. The van der Waals surface area contributed by atoms with E-state index in [0.717, 1.165) is 36.0 Å². The molecule has 0 radical (unpaired) electrons. The smallest absolute Gasteiger partial charge is 0.147 e. The fourth-order valence-corrected chi connectivity index (χ4v) is 7.01. The van der Waals surface area contributed by atoms with E-state index in [4.69, 9.17) is 0 Å². The third-order valence-electron chi connectivity index (χ3n) is 7.31. The summed E-state index contributed by atoms with van der Waals surface area (Å²) in [6.45, 7) is 4.72. The van der Waals surface area contributed by atoms with Gasteiger partial charge in [0.05, 0.1) is 6.42 Å². The van der Waals surface area contributed by atoms with Gasteiger partial charge in [-0.1, -0.05) is 41.5 Å². The topological polar surface area (TPSA) is 34.1 Å². The molecule has 2 nitrogen and oxygen atoms in total. The fraction of sp³-hybridized carbons (Fsp3) is 0.900. The van der Waals surface area contributed by atoms with Crippen molar-refractivity contribution >= 4 is 11.6 Å². The van der Waals surface area contributed by atoms with E-state index < -0.39 is 0 Å². The van der Waals surface area contributed by atoms with E-state index in [1.54, 1.807) is 0 Å². The monoisotopic (exact) mass is 306 g/mol. The van der Waals surface area contributed by atoms with Gasteiger partial charge in [0.15, 0.2) is 0 Å². The maximum Gasteiger partial charge on any atom is 0.147 e. The number of fused-ring (bicyclic) bond motifs is 6. The molecule has 7 atom stereocenters. The van der Waals surface area contributed by atoms with Crippen LogP contribution in [0.4, 0.5) is 0 Å². The number of ketones is 2. The lowest BCUT2D eigenvalue weighted by Crippen LogP contribution is -2.41. The minimum absolute atomic E-state index is 0. The van der Waals surface area contributed by atoms with Crippen molar-refractivity contribution in [2.45, 2.75) is 73.6 Å². The van der Waals surface area contributed by atoms with Gasteiger partial charge in [0.2, 0.25) is 0 Å². The molecule has 0 aliphatic heterocycles. The normalized spacial score (nSPS) is 48.5. The highest BCUT2D eigenvalue weighted by Crippen LogP contribution is 2.71. The van der Waals surface area contributed by atoms with Crippen LogP contribution in [0.1, 0.15) is 73.6 Å². The van der Waals surface area contributed by atoms with Crippen molar-refractivity contribution in [1.82, 2.24) is 0 Å². The summed E-state index contributed by atoms with van der Waals surface area (Å²) >= 11 is 0. The van der Waals surface area contributed by atoms with Crippen LogP contribution in [0.2, 0.25) is 0 Å². The van der Waals surface area contributed by atoms with Gasteiger partial charge in [-0.25, -0.2) is 0 Å². The average Bonchev–Trinajstić information content (AvgIpc) is 3.06. The predicted octanol–water partition coefficient (Wildman–Crippen LogP) is 4.91. The molecule has 4 fully saturated rings. The summed E-state index contributed by atoms with van der Waals surface area (Å²) in [5, 5.41) is 0. The van der Waals surface area contributed by atoms with Crippen molar-refractivity contribution in [3.05, 3.63) is 0 Å². The SMILES string of the molecule is C.C.CCCC1CC(C)C2C3CC(C12)C1(CC(=O)CC1=O)C3. The van der Waals surface area contributed by atoms with Gasteiger partial charge in [-0.15, -0.1) is 0 Å². The average molecular weight is 306 g/mol. The minimum atomic E-state index is -0.195. The highest BCUT2D eigenvalue weighted by Gasteiger charge is 2.68. The summed E-state index contributed by atoms with van der Waals surface area (Å²) in [4.78, 5) is 24.3. The lowest BCUT2D eigenvalue weighted by Gasteiger charge is -2.41. The molecule has 2 heteroatoms. The lowest BCUT2D eigenvalue weighted by molar-refractivity contribution is -0.130. The molecule has 0 amide bonds. The molecule has 0 heterocycles. The van der Waals surface area contributed by atoms with E-state index in [1.165, 1.54) is 25.7 Å². The quantitative estimate of drug-likeness (QED) is 0.680. The molecule has 1 spiro atoms. The van der Waals surface area contributed by atoms with Gasteiger partial charge in [0, 0.05) is 11.8 Å². The Morgan fingerprint density at radius 3 is 2.45 bits per heavy atom. The predicted molar refractivity (Wildman–Crippen MR) is 90.5 cm³/mol. The summed E-state index contributed by atoms with van der Waals surface area (Å²) in [6.07, 6.45) is 7.09. The second-order valence-corrected chi connectivity index (χ2v) is 8.19. The third kappa shape index (κ3) is 2.05. The second kappa shape index (κ2) is 5.76. The third-order valence-corrected chi connectivity index (χ3v) is 7.31. The largest absolute Gasteiger partial charge is 0.299 e. The number of carbonyl (C=O) groups is 2. The van der Waals surface area contributed by atoms with Crippen LogP contribution in [0, 0.1) is 40.9 Å². The van der Waals surface area contributed by atoms with E-state index in [9.17, 15) is 9.59 Å². The number of hydrogen-bond donors (Lipinski definition) is 0. The van der Waals surface area contributed by atoms with Crippen molar-refractivity contribution in [1.29, 1.82) is 0 Å². The molecular formula is C20H34O2. The fourth-order valence-electron chi connectivity index (χ4n) is 7.01. The van der Waals surface area contributed by atoms with Crippen LogP contribution in [0.3, 0.4) is 0 Å². The van der Waals surface area contributed by atoms with Gasteiger partial charge in [0.25, 0.3) is 0 Å². The van der Waals surface area contributed by atoms with Crippen LogP contribution in [-0.4, -0.2) is 11.6 Å². The van der Waals surface area contributed by atoms with Crippen LogP contribution in [0.25, 0.3) is 0 Å². The van der Waals surface area contributed by atoms with Crippen molar-refractivity contribution in [2.24, 2.45) is 40.9 Å². The standard InChI is InChI=1S/C18H26O2.2CH4/c1-3-4-11-5-10(2)16-12-6-14(17(11)16)18(8-12)9-13(19)7-15(18)20;;/h10-12,14,16-17H,3-9H2,1-2H3;2*1H4. The van der Waals surface area contributed by atoms with E-state index >= 15 is 0 Å². The highest BCUT2D eigenvalue weighted by molar-refractivity contribution is 6.09. The summed E-state index contributed by atoms with van der Waals surface area (Å²) in [5.41, 5.74) is -0.195. The molecule has 4 aliphatic carbocycles. The Bertz CT molecular complexity index is 468. The first-order chi connectivity index (χ1) is 9.56. The number of carbonyl (C=O) groups excluding carboxylic acids is 2. The molecule has 0 aromatic carbocycles. The van der Waals surface area contributed by atoms with Crippen LogP contribution in [-0.2, 0) is 9.59 Å². The molecule has 4 aliphatic rings. The van der Waals surface area contributed by atoms with E-state index in [2.05, 4.69) is 13.8 Å². The first-order valence-electron chi connectivity index (χ1n) is 8.62. The van der Waals surface area contributed by atoms with Gasteiger partial charge >= 0.3 is 0 Å². The maximum atomic E-state index is 12.5.